The molecule has 1 aromatic carbocycles. The number of rotatable bonds is 3. The number of thiazole rings is 1. The van der Waals surface area contributed by atoms with E-state index in [0.717, 1.165) is 47.4 Å². The van der Waals surface area contributed by atoms with Gasteiger partial charge in [0, 0.05) is 35.9 Å². The maximum atomic E-state index is 5.97. The molecule has 0 atom stereocenters. The molecule has 0 radical (unpaired) electrons. The van der Waals surface area contributed by atoms with Crippen LogP contribution < -0.4 is 20.8 Å². The molecule has 2 aliphatic rings. The Kier molecular flexibility index (Phi) is 4.74. The third-order valence-corrected chi connectivity index (χ3v) is 5.75. The molecule has 2 aliphatic heterocycles. The highest BCUT2D eigenvalue weighted by Crippen LogP contribution is 2.39. The first-order valence-electron chi connectivity index (χ1n) is 9.01. The molecule has 2 aromatic rings. The van der Waals surface area contributed by atoms with Gasteiger partial charge in [-0.05, 0) is 36.5 Å². The Morgan fingerprint density at radius 1 is 1.46 bits per heavy atom. The minimum absolute atomic E-state index is 0.255. The van der Waals surface area contributed by atoms with Gasteiger partial charge in [0.2, 0.25) is 11.3 Å². The van der Waals surface area contributed by atoms with Gasteiger partial charge in [-0.25, -0.2) is 4.98 Å². The summed E-state index contributed by atoms with van der Waals surface area (Å²) in [5.74, 6) is 2.22. The average Bonchev–Trinajstić information content (AvgIpc) is 2.90. The highest BCUT2D eigenvalue weighted by Gasteiger charge is 2.27. The summed E-state index contributed by atoms with van der Waals surface area (Å²) < 4.78 is 5.97. The smallest absolute Gasteiger partial charge is 0.354 e. The molecule has 1 fully saturated rings. The summed E-state index contributed by atoms with van der Waals surface area (Å²) in [6.07, 6.45) is 2.17. The lowest BCUT2D eigenvalue weighted by Crippen LogP contribution is -2.77. The topological polar surface area (TPSA) is 86.5 Å². The summed E-state index contributed by atoms with van der Waals surface area (Å²) in [5, 5.41) is 4.21. The Labute approximate surface area is 157 Å². The molecule has 1 aromatic heterocycles. The van der Waals surface area contributed by atoms with Gasteiger partial charge in [0.25, 0.3) is 0 Å². The lowest BCUT2D eigenvalue weighted by atomic mass is 9.91. The van der Waals surface area contributed by atoms with E-state index in [-0.39, 0.29) is 6.04 Å². The molecule has 0 saturated carbocycles. The quantitative estimate of drug-likeness (QED) is 0.547. The van der Waals surface area contributed by atoms with Gasteiger partial charge in [-0.2, -0.15) is 0 Å². The summed E-state index contributed by atoms with van der Waals surface area (Å²) in [6, 6.07) is 6.77. The predicted octanol–water partition coefficient (Wildman–Crippen LogP) is 0.654. The third-order valence-electron chi connectivity index (χ3n) is 4.63. The number of amidine groups is 1. The molecular weight excluding hydrogens is 346 g/mol. The highest BCUT2D eigenvalue weighted by atomic mass is 32.1. The number of nitrogens with zero attached hydrogens (tertiary/aromatic N) is 2. The monoisotopic (exact) mass is 370 g/mol. The van der Waals surface area contributed by atoms with Crippen molar-refractivity contribution in [3.63, 3.8) is 0 Å². The van der Waals surface area contributed by atoms with Crippen LogP contribution in [-0.2, 0) is 6.42 Å². The Balaban J connectivity index is 1.79. The van der Waals surface area contributed by atoms with Gasteiger partial charge in [0.05, 0.1) is 18.3 Å². The summed E-state index contributed by atoms with van der Waals surface area (Å²) in [4.78, 5) is 13.8. The van der Waals surface area contributed by atoms with Crippen molar-refractivity contribution in [2.75, 3.05) is 19.7 Å². The molecule has 4 N–H and O–H groups in total. The predicted molar refractivity (Wildman–Crippen MR) is 105 cm³/mol. The number of benzene rings is 1. The van der Waals surface area contributed by atoms with Gasteiger partial charge in [-0.15, -0.1) is 11.3 Å². The average molecular weight is 371 g/mol. The van der Waals surface area contributed by atoms with Crippen LogP contribution >= 0.6 is 11.3 Å². The molecule has 0 spiro atoms. The fourth-order valence-electron chi connectivity index (χ4n) is 3.23. The van der Waals surface area contributed by atoms with Crippen molar-refractivity contribution in [2.45, 2.75) is 32.2 Å². The lowest BCUT2D eigenvalue weighted by molar-refractivity contribution is -0.493. The maximum Gasteiger partial charge on any atom is 0.354 e. The number of nitrogens with one attached hydrogen (secondary N) is 2. The fraction of sp³-hybridized carbons (Fsp3) is 0.421. The van der Waals surface area contributed by atoms with Crippen molar-refractivity contribution in [3.05, 3.63) is 33.6 Å². The zero-order valence-electron chi connectivity index (χ0n) is 15.1. The van der Waals surface area contributed by atoms with Crippen molar-refractivity contribution in [2.24, 2.45) is 10.7 Å². The summed E-state index contributed by atoms with van der Waals surface area (Å²) in [6.45, 7) is 6.89. The maximum absolute atomic E-state index is 5.97. The van der Waals surface area contributed by atoms with E-state index < -0.39 is 0 Å². The normalized spacial score (nSPS) is 17.6. The van der Waals surface area contributed by atoms with Crippen LogP contribution in [0.2, 0.25) is 0 Å². The molecule has 6 nitrogen and oxygen atoms in total. The molecular formula is C19H24N5OS+. The van der Waals surface area contributed by atoms with Crippen LogP contribution in [0.4, 0.5) is 0 Å². The van der Waals surface area contributed by atoms with E-state index in [4.69, 9.17) is 15.5 Å². The molecule has 136 valence electrons. The Hall–Kier alpha value is -2.25. The van der Waals surface area contributed by atoms with Crippen LogP contribution in [0.3, 0.4) is 0 Å². The van der Waals surface area contributed by atoms with E-state index in [0.29, 0.717) is 12.5 Å². The number of nitrogens with two attached hydrogens (primary N) is 1. The second kappa shape index (κ2) is 7.17. The van der Waals surface area contributed by atoms with Crippen molar-refractivity contribution in [1.29, 1.82) is 0 Å². The van der Waals surface area contributed by atoms with E-state index in [1.807, 2.05) is 0 Å². The first kappa shape index (κ1) is 17.2. The SMILES string of the molecule is CC(C)[NH+]=C(N=CN)c1nc2c(s1)CCOc1ccc(C3CNC3)cc1-2. The largest absolute Gasteiger partial charge is 0.493 e. The molecule has 7 heteroatoms. The van der Waals surface area contributed by atoms with Crippen molar-refractivity contribution in [3.8, 4) is 17.0 Å². The van der Waals surface area contributed by atoms with Crippen molar-refractivity contribution in [1.82, 2.24) is 10.3 Å². The minimum atomic E-state index is 0.255. The third kappa shape index (κ3) is 3.24. The number of aliphatic imine (C=N–C) groups is 1. The highest BCUT2D eigenvalue weighted by molar-refractivity contribution is 7.14. The van der Waals surface area contributed by atoms with Gasteiger partial charge >= 0.3 is 5.84 Å². The summed E-state index contributed by atoms with van der Waals surface area (Å²) in [5.41, 5.74) is 8.99. The zero-order chi connectivity index (χ0) is 18.1. The number of fused-ring (bicyclic) bond motifs is 3. The van der Waals surface area contributed by atoms with E-state index in [2.05, 4.69) is 47.3 Å². The number of aromatic nitrogens is 1. The molecule has 0 amide bonds. The van der Waals surface area contributed by atoms with Crippen LogP contribution in [0, 0.1) is 0 Å². The second-order valence-electron chi connectivity index (χ2n) is 6.93. The minimum Gasteiger partial charge on any atom is -0.493 e. The zero-order valence-corrected chi connectivity index (χ0v) is 15.9. The molecule has 4 rings (SSSR count). The fourth-order valence-corrected chi connectivity index (χ4v) is 4.24. The number of hydrogen-bond donors (Lipinski definition) is 3. The Morgan fingerprint density at radius 3 is 3.00 bits per heavy atom. The van der Waals surface area contributed by atoms with E-state index in [9.17, 15) is 0 Å². The van der Waals surface area contributed by atoms with E-state index in [1.54, 1.807) is 11.3 Å². The standard InChI is InChI=1S/C19H23N5OS/c1-11(2)23-18(22-10-20)19-24-17-14-7-12(13-8-21-9-13)3-4-15(14)25-6-5-16(17)26-19/h3-4,7,10-11,13,21H,5-6,8-9H2,1-2H3,(H2,20,22,23)/p+1. The van der Waals surface area contributed by atoms with E-state index >= 15 is 0 Å². The molecule has 0 bridgehead atoms. The van der Waals surface area contributed by atoms with Gasteiger partial charge < -0.3 is 15.8 Å². The molecule has 26 heavy (non-hydrogen) atoms. The molecule has 0 unspecified atom stereocenters. The van der Waals surface area contributed by atoms with Gasteiger partial charge in [-0.3, -0.25) is 4.99 Å². The van der Waals surface area contributed by atoms with Crippen LogP contribution in [-0.4, -0.2) is 42.9 Å². The molecule has 1 saturated heterocycles. The van der Waals surface area contributed by atoms with Crippen molar-refractivity contribution < 1.29 is 9.73 Å². The van der Waals surface area contributed by atoms with Gasteiger partial charge in [0.15, 0.2) is 0 Å². The van der Waals surface area contributed by atoms with Gasteiger partial charge in [0.1, 0.15) is 5.75 Å². The summed E-state index contributed by atoms with van der Waals surface area (Å²) in [7, 11) is 0. The van der Waals surface area contributed by atoms with E-state index in [1.165, 1.54) is 16.8 Å². The van der Waals surface area contributed by atoms with Crippen LogP contribution in [0.25, 0.3) is 11.3 Å². The molecule has 0 aliphatic carbocycles. The van der Waals surface area contributed by atoms with Crippen LogP contribution in [0.5, 0.6) is 5.75 Å². The first-order valence-corrected chi connectivity index (χ1v) is 9.83. The van der Waals surface area contributed by atoms with Crippen LogP contribution in [0.1, 0.15) is 35.2 Å². The molecule has 3 heterocycles. The number of hydrogen-bond acceptors (Lipinski definition) is 4. The lowest BCUT2D eigenvalue weighted by Gasteiger charge is -2.28. The Morgan fingerprint density at radius 2 is 2.31 bits per heavy atom. The Bertz CT molecular complexity index is 867. The number of ether oxygens (including phenoxy) is 1. The van der Waals surface area contributed by atoms with Gasteiger partial charge in [-0.1, -0.05) is 6.07 Å². The van der Waals surface area contributed by atoms with Crippen molar-refractivity contribution >= 4 is 23.5 Å². The summed E-state index contributed by atoms with van der Waals surface area (Å²) >= 11 is 1.66. The first-order chi connectivity index (χ1) is 12.7. The second-order valence-corrected chi connectivity index (χ2v) is 8.01. The van der Waals surface area contributed by atoms with Crippen LogP contribution in [0.15, 0.2) is 23.2 Å².